The van der Waals surface area contributed by atoms with Crippen LogP contribution in [0.2, 0.25) is 0 Å². The SMILES string of the molecule is CCC1CCC(C#CC(=O)OC)N1. The predicted molar refractivity (Wildman–Crippen MR) is 50.0 cm³/mol. The van der Waals surface area contributed by atoms with Crippen LogP contribution < -0.4 is 5.32 Å². The standard InChI is InChI=1S/C10H15NO2/c1-3-8-4-5-9(11-8)6-7-10(12)13-2/h8-9,11H,3-5H2,1-2H3. The zero-order chi connectivity index (χ0) is 9.68. The van der Waals surface area contributed by atoms with Gasteiger partial charge in [0.15, 0.2) is 0 Å². The van der Waals surface area contributed by atoms with Gasteiger partial charge in [-0.05, 0) is 19.3 Å². The molecule has 1 aliphatic rings. The molecule has 1 N–H and O–H groups in total. The Balaban J connectivity index is 2.37. The number of hydrogen-bond donors (Lipinski definition) is 1. The second-order valence-electron chi connectivity index (χ2n) is 3.16. The van der Waals surface area contributed by atoms with Crippen molar-refractivity contribution in [2.75, 3.05) is 7.11 Å². The molecular formula is C10H15NO2. The molecule has 72 valence electrons. The summed E-state index contributed by atoms with van der Waals surface area (Å²) in [5.74, 6) is 4.85. The Morgan fingerprint density at radius 2 is 2.38 bits per heavy atom. The predicted octanol–water partition coefficient (Wildman–Crippen LogP) is 0.693. The lowest BCUT2D eigenvalue weighted by Gasteiger charge is -2.06. The van der Waals surface area contributed by atoms with Crippen molar-refractivity contribution in [3.8, 4) is 11.8 Å². The molecule has 0 spiro atoms. The van der Waals surface area contributed by atoms with Gasteiger partial charge in [-0.2, -0.15) is 0 Å². The Hall–Kier alpha value is -1.01. The summed E-state index contributed by atoms with van der Waals surface area (Å²) >= 11 is 0. The lowest BCUT2D eigenvalue weighted by molar-refractivity contribution is -0.133. The number of carbonyl (C=O) groups is 1. The van der Waals surface area contributed by atoms with Gasteiger partial charge in [0.2, 0.25) is 0 Å². The summed E-state index contributed by atoms with van der Waals surface area (Å²) < 4.78 is 4.42. The summed E-state index contributed by atoms with van der Waals surface area (Å²) in [6, 6.07) is 0.737. The van der Waals surface area contributed by atoms with E-state index in [9.17, 15) is 4.79 Å². The van der Waals surface area contributed by atoms with Crippen molar-refractivity contribution in [3.05, 3.63) is 0 Å². The summed E-state index contributed by atoms with van der Waals surface area (Å²) in [5.41, 5.74) is 0. The molecule has 0 aromatic heterocycles. The van der Waals surface area contributed by atoms with Gasteiger partial charge >= 0.3 is 5.97 Å². The molecule has 1 aliphatic heterocycles. The number of esters is 1. The highest BCUT2D eigenvalue weighted by Gasteiger charge is 2.20. The number of ether oxygens (including phenoxy) is 1. The van der Waals surface area contributed by atoms with E-state index in [0.717, 1.165) is 19.3 Å². The van der Waals surface area contributed by atoms with Crippen molar-refractivity contribution in [2.45, 2.75) is 38.3 Å². The van der Waals surface area contributed by atoms with Gasteiger partial charge in [-0.15, -0.1) is 0 Å². The number of methoxy groups -OCH3 is 1. The second-order valence-corrected chi connectivity index (χ2v) is 3.16. The minimum absolute atomic E-state index is 0.170. The lowest BCUT2D eigenvalue weighted by atomic mass is 10.1. The van der Waals surface area contributed by atoms with Crippen molar-refractivity contribution >= 4 is 5.97 Å². The van der Waals surface area contributed by atoms with Crippen LogP contribution in [0.4, 0.5) is 0 Å². The first kappa shape index (κ1) is 10.1. The summed E-state index contributed by atoms with van der Waals surface area (Å²) in [6.07, 6.45) is 3.30. The van der Waals surface area contributed by atoms with Crippen LogP contribution in [0.25, 0.3) is 0 Å². The Labute approximate surface area is 78.8 Å². The Morgan fingerprint density at radius 1 is 1.62 bits per heavy atom. The van der Waals surface area contributed by atoms with Gasteiger partial charge in [-0.1, -0.05) is 12.8 Å². The first-order chi connectivity index (χ1) is 6.26. The third-order valence-electron chi connectivity index (χ3n) is 2.27. The average molecular weight is 181 g/mol. The second kappa shape index (κ2) is 4.88. The van der Waals surface area contributed by atoms with Crippen LogP contribution in [0.3, 0.4) is 0 Å². The molecule has 0 saturated carbocycles. The van der Waals surface area contributed by atoms with Gasteiger partial charge in [-0.25, -0.2) is 4.79 Å². The highest BCUT2D eigenvalue weighted by atomic mass is 16.5. The first-order valence-electron chi connectivity index (χ1n) is 4.61. The molecule has 2 unspecified atom stereocenters. The first-order valence-corrected chi connectivity index (χ1v) is 4.61. The Morgan fingerprint density at radius 3 is 2.92 bits per heavy atom. The molecule has 1 fully saturated rings. The Kier molecular flexibility index (Phi) is 3.78. The maximum absolute atomic E-state index is 10.7. The van der Waals surface area contributed by atoms with E-state index in [1.165, 1.54) is 7.11 Å². The maximum atomic E-state index is 10.7. The van der Waals surface area contributed by atoms with Gasteiger partial charge < -0.3 is 10.1 Å². The van der Waals surface area contributed by atoms with E-state index in [1.54, 1.807) is 0 Å². The smallest absolute Gasteiger partial charge is 0.384 e. The van der Waals surface area contributed by atoms with Crippen LogP contribution in [-0.2, 0) is 9.53 Å². The highest BCUT2D eigenvalue weighted by molar-refractivity contribution is 5.88. The molecule has 3 heteroatoms. The van der Waals surface area contributed by atoms with Crippen LogP contribution in [0.15, 0.2) is 0 Å². The Bertz CT molecular complexity index is 239. The fraction of sp³-hybridized carbons (Fsp3) is 0.700. The normalized spacial score (nSPS) is 26.3. The van der Waals surface area contributed by atoms with Gasteiger partial charge in [0.1, 0.15) is 0 Å². The minimum Gasteiger partial charge on any atom is -0.459 e. The molecule has 1 heterocycles. The number of carbonyl (C=O) groups excluding carboxylic acids is 1. The third-order valence-corrected chi connectivity index (χ3v) is 2.27. The molecular weight excluding hydrogens is 166 g/mol. The van der Waals surface area contributed by atoms with E-state index in [2.05, 4.69) is 28.8 Å². The van der Waals surface area contributed by atoms with Crippen molar-refractivity contribution in [2.24, 2.45) is 0 Å². The molecule has 0 bridgehead atoms. The van der Waals surface area contributed by atoms with E-state index >= 15 is 0 Å². The molecule has 0 amide bonds. The van der Waals surface area contributed by atoms with Crippen LogP contribution >= 0.6 is 0 Å². The van der Waals surface area contributed by atoms with Crippen molar-refractivity contribution in [1.82, 2.24) is 5.32 Å². The summed E-state index contributed by atoms with van der Waals surface area (Å²) in [7, 11) is 1.34. The number of rotatable bonds is 1. The number of hydrogen-bond acceptors (Lipinski definition) is 3. The molecule has 0 aliphatic carbocycles. The topological polar surface area (TPSA) is 38.3 Å². The third kappa shape index (κ3) is 3.08. The zero-order valence-corrected chi connectivity index (χ0v) is 8.09. The lowest BCUT2D eigenvalue weighted by Crippen LogP contribution is -2.27. The fourth-order valence-electron chi connectivity index (χ4n) is 1.45. The molecule has 0 aromatic rings. The molecule has 3 nitrogen and oxygen atoms in total. The molecule has 1 rings (SSSR count). The van der Waals surface area contributed by atoms with Gasteiger partial charge in [-0.3, -0.25) is 0 Å². The molecule has 2 atom stereocenters. The minimum atomic E-state index is -0.457. The number of nitrogens with one attached hydrogen (secondary N) is 1. The largest absolute Gasteiger partial charge is 0.459 e. The monoisotopic (exact) mass is 181 g/mol. The van der Waals surface area contributed by atoms with Crippen molar-refractivity contribution in [3.63, 3.8) is 0 Å². The van der Waals surface area contributed by atoms with E-state index in [-0.39, 0.29) is 6.04 Å². The van der Waals surface area contributed by atoms with E-state index < -0.39 is 5.97 Å². The van der Waals surface area contributed by atoms with Crippen LogP contribution in [0, 0.1) is 11.8 Å². The fourth-order valence-corrected chi connectivity index (χ4v) is 1.45. The zero-order valence-electron chi connectivity index (χ0n) is 8.09. The molecule has 13 heavy (non-hydrogen) atoms. The van der Waals surface area contributed by atoms with Crippen LogP contribution in [0.5, 0.6) is 0 Å². The summed E-state index contributed by atoms with van der Waals surface area (Å²) in [4.78, 5) is 10.7. The van der Waals surface area contributed by atoms with E-state index in [0.29, 0.717) is 6.04 Å². The van der Waals surface area contributed by atoms with Crippen LogP contribution in [0.1, 0.15) is 26.2 Å². The molecule has 0 radical (unpaired) electrons. The van der Waals surface area contributed by atoms with Gasteiger partial charge in [0.25, 0.3) is 0 Å². The van der Waals surface area contributed by atoms with E-state index in [4.69, 9.17) is 0 Å². The van der Waals surface area contributed by atoms with Crippen molar-refractivity contribution in [1.29, 1.82) is 0 Å². The maximum Gasteiger partial charge on any atom is 0.384 e. The molecule has 1 saturated heterocycles. The van der Waals surface area contributed by atoms with E-state index in [1.807, 2.05) is 0 Å². The summed E-state index contributed by atoms with van der Waals surface area (Å²) in [5, 5.41) is 3.34. The van der Waals surface area contributed by atoms with Gasteiger partial charge in [0, 0.05) is 12.0 Å². The quantitative estimate of drug-likeness (QED) is 0.367. The van der Waals surface area contributed by atoms with Gasteiger partial charge in [0.05, 0.1) is 13.2 Å². The summed E-state index contributed by atoms with van der Waals surface area (Å²) in [6.45, 7) is 2.15. The van der Waals surface area contributed by atoms with Crippen molar-refractivity contribution < 1.29 is 9.53 Å². The van der Waals surface area contributed by atoms with Crippen LogP contribution in [-0.4, -0.2) is 25.2 Å². The highest BCUT2D eigenvalue weighted by Crippen LogP contribution is 2.13. The molecule has 0 aromatic carbocycles. The average Bonchev–Trinajstić information content (AvgIpc) is 2.61.